The molecule has 1 fully saturated rings. The number of aliphatic hydroxyl groups excluding tert-OH is 1. The Morgan fingerprint density at radius 2 is 2.00 bits per heavy atom. The van der Waals surface area contributed by atoms with Gasteiger partial charge in [0, 0.05) is 38.6 Å². The number of nitrogens with two attached hydrogens (primary N) is 2. The molecule has 0 saturated heterocycles. The molecule has 0 amide bonds. The SMILES string of the molecule is CO[C@H](/C=C/[C@@H]1[C@@H](CCCCCCO)[C@@H](OC)C[C@@H]1N)COc1cccc(N)c1. The minimum Gasteiger partial charge on any atom is -0.490 e. The topological polar surface area (TPSA) is 100.0 Å². The summed E-state index contributed by atoms with van der Waals surface area (Å²) in [5.41, 5.74) is 12.9. The number of ether oxygens (including phenoxy) is 3. The summed E-state index contributed by atoms with van der Waals surface area (Å²) in [6, 6.07) is 7.48. The van der Waals surface area contributed by atoms with Crippen molar-refractivity contribution in [1.29, 1.82) is 0 Å². The highest BCUT2D eigenvalue weighted by molar-refractivity contribution is 5.43. The molecule has 1 aromatic rings. The third-order valence-corrected chi connectivity index (χ3v) is 5.84. The summed E-state index contributed by atoms with van der Waals surface area (Å²) in [4.78, 5) is 0. The minimum absolute atomic E-state index is 0.0889. The highest BCUT2D eigenvalue weighted by Gasteiger charge is 2.39. The number of methoxy groups -OCH3 is 2. The molecule has 0 unspecified atom stereocenters. The number of unbranched alkanes of at least 4 members (excludes halogenated alkanes) is 3. The molecule has 0 aromatic heterocycles. The maximum absolute atomic E-state index is 8.94. The van der Waals surface area contributed by atoms with Crippen LogP contribution in [0.25, 0.3) is 0 Å². The van der Waals surface area contributed by atoms with Crippen molar-refractivity contribution in [2.24, 2.45) is 17.6 Å². The molecule has 0 radical (unpaired) electrons. The van der Waals surface area contributed by atoms with Crippen molar-refractivity contribution in [3.8, 4) is 5.75 Å². The molecule has 2 rings (SSSR count). The fourth-order valence-corrected chi connectivity index (χ4v) is 4.18. The number of aliphatic hydroxyl groups is 1. The molecule has 5 N–H and O–H groups in total. The summed E-state index contributed by atoms with van der Waals surface area (Å²) < 4.78 is 17.1. The lowest BCUT2D eigenvalue weighted by atomic mass is 9.87. The van der Waals surface area contributed by atoms with E-state index >= 15 is 0 Å². The van der Waals surface area contributed by atoms with Crippen molar-refractivity contribution in [3.63, 3.8) is 0 Å². The van der Waals surface area contributed by atoms with Crippen molar-refractivity contribution in [3.05, 3.63) is 36.4 Å². The van der Waals surface area contributed by atoms with Gasteiger partial charge in [0.25, 0.3) is 0 Å². The fourth-order valence-electron chi connectivity index (χ4n) is 4.18. The molecule has 1 aliphatic rings. The average Bonchev–Trinajstić information content (AvgIpc) is 3.02. The molecule has 6 heteroatoms. The molecule has 1 aromatic carbocycles. The first kappa shape index (κ1) is 23.7. The number of benzene rings is 1. The Bertz CT molecular complexity index is 610. The first-order chi connectivity index (χ1) is 14.1. The monoisotopic (exact) mass is 406 g/mol. The quantitative estimate of drug-likeness (QED) is 0.264. The van der Waals surface area contributed by atoms with E-state index in [9.17, 15) is 0 Å². The molecular weight excluding hydrogens is 368 g/mol. The van der Waals surface area contributed by atoms with Crippen LogP contribution in [0.5, 0.6) is 5.75 Å². The van der Waals surface area contributed by atoms with Gasteiger partial charge in [-0.15, -0.1) is 0 Å². The molecule has 0 heterocycles. The number of nitrogen functional groups attached to an aromatic ring is 1. The zero-order valence-electron chi connectivity index (χ0n) is 17.8. The van der Waals surface area contributed by atoms with Crippen molar-refractivity contribution < 1.29 is 19.3 Å². The smallest absolute Gasteiger partial charge is 0.121 e. The molecule has 164 valence electrons. The molecular formula is C23H38N2O4. The molecule has 1 saturated carbocycles. The Morgan fingerprint density at radius 3 is 2.69 bits per heavy atom. The van der Waals surface area contributed by atoms with Gasteiger partial charge < -0.3 is 30.8 Å². The van der Waals surface area contributed by atoms with Crippen LogP contribution in [0.2, 0.25) is 0 Å². The number of hydrogen-bond donors (Lipinski definition) is 3. The number of anilines is 1. The van der Waals surface area contributed by atoms with Crippen molar-refractivity contribution in [2.75, 3.05) is 33.2 Å². The second-order valence-corrected chi connectivity index (χ2v) is 7.88. The van der Waals surface area contributed by atoms with Crippen LogP contribution in [0.1, 0.15) is 38.5 Å². The van der Waals surface area contributed by atoms with Crippen LogP contribution in [0.15, 0.2) is 36.4 Å². The van der Waals surface area contributed by atoms with Gasteiger partial charge in [-0.3, -0.25) is 0 Å². The van der Waals surface area contributed by atoms with Crippen LogP contribution >= 0.6 is 0 Å². The zero-order valence-corrected chi connectivity index (χ0v) is 17.8. The minimum atomic E-state index is -0.157. The van der Waals surface area contributed by atoms with Crippen LogP contribution < -0.4 is 16.2 Å². The van der Waals surface area contributed by atoms with Gasteiger partial charge in [0.2, 0.25) is 0 Å². The summed E-state index contributed by atoms with van der Waals surface area (Å²) in [6.07, 6.45) is 10.5. The van der Waals surface area contributed by atoms with Gasteiger partial charge in [-0.25, -0.2) is 0 Å². The fraction of sp³-hybridized carbons (Fsp3) is 0.652. The molecule has 0 bridgehead atoms. The van der Waals surface area contributed by atoms with E-state index < -0.39 is 0 Å². The molecule has 0 spiro atoms. The average molecular weight is 407 g/mol. The third-order valence-electron chi connectivity index (χ3n) is 5.84. The van der Waals surface area contributed by atoms with Gasteiger partial charge in [0.1, 0.15) is 18.5 Å². The first-order valence-corrected chi connectivity index (χ1v) is 10.7. The lowest BCUT2D eigenvalue weighted by molar-refractivity contribution is 0.0601. The van der Waals surface area contributed by atoms with Gasteiger partial charge in [0.05, 0.1) is 6.10 Å². The second kappa shape index (κ2) is 12.9. The Morgan fingerprint density at radius 1 is 1.21 bits per heavy atom. The van der Waals surface area contributed by atoms with Gasteiger partial charge in [-0.1, -0.05) is 37.5 Å². The molecule has 0 aliphatic heterocycles. The zero-order chi connectivity index (χ0) is 21.1. The molecule has 6 nitrogen and oxygen atoms in total. The van der Waals surface area contributed by atoms with E-state index in [1.165, 1.54) is 0 Å². The second-order valence-electron chi connectivity index (χ2n) is 7.88. The van der Waals surface area contributed by atoms with E-state index in [4.69, 9.17) is 30.8 Å². The largest absolute Gasteiger partial charge is 0.490 e. The van der Waals surface area contributed by atoms with E-state index in [0.717, 1.165) is 44.3 Å². The maximum Gasteiger partial charge on any atom is 0.121 e. The molecule has 5 atom stereocenters. The summed E-state index contributed by atoms with van der Waals surface area (Å²) in [5.74, 6) is 1.41. The standard InChI is InChI=1S/C23H38N2O4/c1-27-19(16-29-18-9-7-8-17(24)14-18)11-12-20-21(10-5-3-4-6-13-26)23(28-2)15-22(20)25/h7-9,11-12,14,19-23,26H,3-6,10,13,15-16,24-25H2,1-2H3/b12-11+/t19-,20-,21-,22+,23+/m1/s1. The van der Waals surface area contributed by atoms with Gasteiger partial charge in [-0.05, 0) is 43.2 Å². The predicted octanol–water partition coefficient (Wildman–Crippen LogP) is 3.14. The Labute approximate surface area is 175 Å². The summed E-state index contributed by atoms with van der Waals surface area (Å²) in [7, 11) is 3.46. The number of rotatable bonds is 13. The Hall–Kier alpha value is -1.60. The van der Waals surface area contributed by atoms with E-state index in [1.54, 1.807) is 20.3 Å². The highest BCUT2D eigenvalue weighted by atomic mass is 16.5. The van der Waals surface area contributed by atoms with Crippen LogP contribution in [0.3, 0.4) is 0 Å². The highest BCUT2D eigenvalue weighted by Crippen LogP contribution is 2.37. The van der Waals surface area contributed by atoms with Crippen molar-refractivity contribution in [1.82, 2.24) is 0 Å². The first-order valence-electron chi connectivity index (χ1n) is 10.7. The van der Waals surface area contributed by atoms with Gasteiger partial charge >= 0.3 is 0 Å². The summed E-state index contributed by atoms with van der Waals surface area (Å²) in [6.45, 7) is 0.689. The van der Waals surface area contributed by atoms with Crippen molar-refractivity contribution >= 4 is 5.69 Å². The Balaban J connectivity index is 1.92. The summed E-state index contributed by atoms with van der Waals surface area (Å²) in [5, 5.41) is 8.94. The maximum atomic E-state index is 8.94. The molecule has 1 aliphatic carbocycles. The normalized spacial score (nSPS) is 25.5. The van der Waals surface area contributed by atoms with E-state index in [-0.39, 0.29) is 30.8 Å². The van der Waals surface area contributed by atoms with Crippen LogP contribution in [-0.4, -0.2) is 50.8 Å². The summed E-state index contributed by atoms with van der Waals surface area (Å²) >= 11 is 0. The van der Waals surface area contributed by atoms with E-state index in [2.05, 4.69) is 12.2 Å². The van der Waals surface area contributed by atoms with Crippen LogP contribution in [0, 0.1) is 11.8 Å². The van der Waals surface area contributed by atoms with Crippen LogP contribution in [0.4, 0.5) is 5.69 Å². The lowest BCUT2D eigenvalue weighted by Gasteiger charge is -2.23. The predicted molar refractivity (Wildman–Crippen MR) is 117 cm³/mol. The van der Waals surface area contributed by atoms with Crippen molar-refractivity contribution in [2.45, 2.75) is 56.8 Å². The Kier molecular flexibility index (Phi) is 10.5. The third kappa shape index (κ3) is 7.63. The van der Waals surface area contributed by atoms with Crippen LogP contribution in [-0.2, 0) is 9.47 Å². The lowest BCUT2D eigenvalue weighted by Crippen LogP contribution is -2.27. The van der Waals surface area contributed by atoms with E-state index in [0.29, 0.717) is 18.2 Å². The number of hydrogen-bond acceptors (Lipinski definition) is 6. The van der Waals surface area contributed by atoms with E-state index in [1.807, 2.05) is 18.2 Å². The van der Waals surface area contributed by atoms with Gasteiger partial charge in [-0.2, -0.15) is 0 Å². The molecule has 29 heavy (non-hydrogen) atoms. The van der Waals surface area contributed by atoms with Gasteiger partial charge in [0.15, 0.2) is 0 Å².